The van der Waals surface area contributed by atoms with Crippen molar-refractivity contribution in [2.75, 3.05) is 0 Å². The van der Waals surface area contributed by atoms with Gasteiger partial charge in [0.1, 0.15) is 5.69 Å². The number of carbonyl (C=O) groups excluding carboxylic acids is 1. The zero-order valence-electron chi connectivity index (χ0n) is 9.00. The van der Waals surface area contributed by atoms with E-state index in [0.29, 0.717) is 17.1 Å². The van der Waals surface area contributed by atoms with Crippen molar-refractivity contribution in [3.05, 3.63) is 29.0 Å². The van der Waals surface area contributed by atoms with E-state index in [1.54, 1.807) is 18.3 Å². The summed E-state index contributed by atoms with van der Waals surface area (Å²) in [6.07, 6.45) is 6.55. The molecule has 2 nitrogen and oxygen atoms in total. The van der Waals surface area contributed by atoms with E-state index in [-0.39, 0.29) is 5.78 Å². The molecule has 0 N–H and O–H groups in total. The van der Waals surface area contributed by atoms with Crippen LogP contribution in [0.3, 0.4) is 0 Å². The fraction of sp³-hybridized carbons (Fsp3) is 0.500. The molecule has 1 aromatic heterocycles. The summed E-state index contributed by atoms with van der Waals surface area (Å²) in [5.74, 6) is 0.0525. The van der Waals surface area contributed by atoms with Crippen LogP contribution in [0, 0.1) is 0 Å². The lowest BCUT2D eigenvalue weighted by atomic mass is 10.1. The Labute approximate surface area is 95.7 Å². The number of Topliss-reactive ketones (excluding diaryl/α,β-unsaturated/α-hetero) is 1. The Kier molecular flexibility index (Phi) is 5.33. The number of pyridine rings is 1. The summed E-state index contributed by atoms with van der Waals surface area (Å²) in [6.45, 7) is 2.15. The highest BCUT2D eigenvalue weighted by molar-refractivity contribution is 6.33. The molecule has 0 bridgehead atoms. The lowest BCUT2D eigenvalue weighted by Gasteiger charge is -2.01. The van der Waals surface area contributed by atoms with Crippen LogP contribution in [0.25, 0.3) is 0 Å². The SMILES string of the molecule is CCCCCCC(=O)c1ncccc1Cl. The summed E-state index contributed by atoms with van der Waals surface area (Å²) in [7, 11) is 0. The molecule has 0 saturated carbocycles. The molecule has 0 aromatic carbocycles. The van der Waals surface area contributed by atoms with Crippen LogP contribution in [0.1, 0.15) is 49.5 Å². The Morgan fingerprint density at radius 2 is 2.20 bits per heavy atom. The van der Waals surface area contributed by atoms with Crippen molar-refractivity contribution in [3.63, 3.8) is 0 Å². The Morgan fingerprint density at radius 3 is 2.87 bits per heavy atom. The fourth-order valence-corrected chi connectivity index (χ4v) is 1.65. The summed E-state index contributed by atoms with van der Waals surface area (Å²) in [5.41, 5.74) is 0.413. The number of nitrogens with zero attached hydrogens (tertiary/aromatic N) is 1. The van der Waals surface area contributed by atoms with E-state index in [4.69, 9.17) is 11.6 Å². The van der Waals surface area contributed by atoms with Crippen LogP contribution in [-0.2, 0) is 0 Å². The molecular weight excluding hydrogens is 210 g/mol. The second kappa shape index (κ2) is 6.57. The molecule has 0 aliphatic carbocycles. The van der Waals surface area contributed by atoms with E-state index < -0.39 is 0 Å². The number of ketones is 1. The van der Waals surface area contributed by atoms with Gasteiger partial charge in [-0.05, 0) is 18.6 Å². The smallest absolute Gasteiger partial charge is 0.182 e. The summed E-state index contributed by atoms with van der Waals surface area (Å²) < 4.78 is 0. The van der Waals surface area contributed by atoms with Crippen molar-refractivity contribution in [2.24, 2.45) is 0 Å². The van der Waals surface area contributed by atoms with Crippen LogP contribution < -0.4 is 0 Å². The molecule has 0 atom stereocenters. The zero-order chi connectivity index (χ0) is 11.1. The number of hydrogen-bond acceptors (Lipinski definition) is 2. The van der Waals surface area contributed by atoms with Gasteiger partial charge in [0.05, 0.1) is 5.02 Å². The first-order chi connectivity index (χ1) is 7.25. The minimum absolute atomic E-state index is 0.0525. The van der Waals surface area contributed by atoms with Crippen molar-refractivity contribution in [1.82, 2.24) is 4.98 Å². The highest BCUT2D eigenvalue weighted by Gasteiger charge is 2.10. The molecule has 1 heterocycles. The molecule has 0 unspecified atom stereocenters. The molecule has 0 radical (unpaired) electrons. The molecule has 1 rings (SSSR count). The third-order valence-electron chi connectivity index (χ3n) is 2.28. The summed E-state index contributed by atoms with van der Waals surface area (Å²) in [4.78, 5) is 15.7. The van der Waals surface area contributed by atoms with E-state index in [2.05, 4.69) is 11.9 Å². The van der Waals surface area contributed by atoms with Crippen LogP contribution in [0.4, 0.5) is 0 Å². The lowest BCUT2D eigenvalue weighted by Crippen LogP contribution is -2.02. The second-order valence-electron chi connectivity index (χ2n) is 3.57. The van der Waals surface area contributed by atoms with E-state index in [0.717, 1.165) is 12.8 Å². The minimum atomic E-state index is 0.0525. The van der Waals surface area contributed by atoms with Crippen LogP contribution in [-0.4, -0.2) is 10.8 Å². The molecule has 0 fully saturated rings. The Morgan fingerprint density at radius 1 is 1.40 bits per heavy atom. The first-order valence-corrected chi connectivity index (χ1v) is 5.77. The van der Waals surface area contributed by atoms with Crippen molar-refractivity contribution in [3.8, 4) is 0 Å². The molecule has 0 amide bonds. The van der Waals surface area contributed by atoms with Crippen molar-refractivity contribution < 1.29 is 4.79 Å². The molecule has 0 aliphatic rings. The fourth-order valence-electron chi connectivity index (χ4n) is 1.42. The topological polar surface area (TPSA) is 30.0 Å². The number of aromatic nitrogens is 1. The average molecular weight is 226 g/mol. The quantitative estimate of drug-likeness (QED) is 0.543. The molecule has 82 valence electrons. The third kappa shape index (κ3) is 4.00. The summed E-state index contributed by atoms with van der Waals surface area (Å²) in [5, 5.41) is 0.456. The number of carbonyl (C=O) groups is 1. The minimum Gasteiger partial charge on any atom is -0.292 e. The van der Waals surface area contributed by atoms with Gasteiger partial charge in [0.15, 0.2) is 5.78 Å². The molecule has 1 aromatic rings. The standard InChI is InChI=1S/C12H16ClNO/c1-2-3-4-5-8-11(15)12-10(13)7-6-9-14-12/h6-7,9H,2-5,8H2,1H3. The van der Waals surface area contributed by atoms with Gasteiger partial charge in [-0.1, -0.05) is 37.8 Å². The Hall–Kier alpha value is -0.890. The summed E-state index contributed by atoms with van der Waals surface area (Å²) >= 11 is 5.88. The van der Waals surface area contributed by atoms with Crippen LogP contribution >= 0.6 is 11.6 Å². The predicted octanol–water partition coefficient (Wildman–Crippen LogP) is 3.89. The van der Waals surface area contributed by atoms with Gasteiger partial charge in [0.25, 0.3) is 0 Å². The Balaban J connectivity index is 2.44. The number of hydrogen-bond donors (Lipinski definition) is 0. The van der Waals surface area contributed by atoms with Crippen molar-refractivity contribution in [1.29, 1.82) is 0 Å². The van der Waals surface area contributed by atoms with Gasteiger partial charge in [0, 0.05) is 12.6 Å². The average Bonchev–Trinajstić information content (AvgIpc) is 2.25. The zero-order valence-corrected chi connectivity index (χ0v) is 9.76. The van der Waals surface area contributed by atoms with Gasteiger partial charge in [-0.15, -0.1) is 0 Å². The van der Waals surface area contributed by atoms with Crippen molar-refractivity contribution in [2.45, 2.75) is 39.0 Å². The molecule has 3 heteroatoms. The van der Waals surface area contributed by atoms with Gasteiger partial charge in [-0.2, -0.15) is 0 Å². The van der Waals surface area contributed by atoms with E-state index in [1.165, 1.54) is 12.8 Å². The molecule has 0 spiro atoms. The number of halogens is 1. The van der Waals surface area contributed by atoms with Crippen LogP contribution in [0.5, 0.6) is 0 Å². The largest absolute Gasteiger partial charge is 0.292 e. The maximum atomic E-state index is 11.7. The highest BCUT2D eigenvalue weighted by atomic mass is 35.5. The van der Waals surface area contributed by atoms with Crippen molar-refractivity contribution >= 4 is 17.4 Å². The van der Waals surface area contributed by atoms with Gasteiger partial charge in [0.2, 0.25) is 0 Å². The van der Waals surface area contributed by atoms with E-state index in [1.807, 2.05) is 0 Å². The van der Waals surface area contributed by atoms with Gasteiger partial charge in [-0.3, -0.25) is 9.78 Å². The van der Waals surface area contributed by atoms with E-state index in [9.17, 15) is 4.79 Å². The monoisotopic (exact) mass is 225 g/mol. The lowest BCUT2D eigenvalue weighted by molar-refractivity contribution is 0.0974. The number of unbranched alkanes of at least 4 members (excludes halogenated alkanes) is 3. The summed E-state index contributed by atoms with van der Waals surface area (Å²) in [6, 6.07) is 3.43. The van der Waals surface area contributed by atoms with Crippen LogP contribution in [0.15, 0.2) is 18.3 Å². The highest BCUT2D eigenvalue weighted by Crippen LogP contribution is 2.15. The Bertz CT molecular complexity index is 325. The molecular formula is C12H16ClNO. The number of rotatable bonds is 6. The molecule has 0 saturated heterocycles. The van der Waals surface area contributed by atoms with E-state index >= 15 is 0 Å². The predicted molar refractivity (Wildman–Crippen MR) is 62.3 cm³/mol. The molecule has 15 heavy (non-hydrogen) atoms. The second-order valence-corrected chi connectivity index (χ2v) is 3.97. The van der Waals surface area contributed by atoms with Gasteiger partial charge < -0.3 is 0 Å². The normalized spacial score (nSPS) is 10.3. The maximum absolute atomic E-state index is 11.7. The van der Waals surface area contributed by atoms with Gasteiger partial charge in [-0.25, -0.2) is 0 Å². The van der Waals surface area contributed by atoms with Gasteiger partial charge >= 0.3 is 0 Å². The molecule has 0 aliphatic heterocycles. The first kappa shape index (κ1) is 12.2. The third-order valence-corrected chi connectivity index (χ3v) is 2.58. The van der Waals surface area contributed by atoms with Crippen LogP contribution in [0.2, 0.25) is 5.02 Å². The maximum Gasteiger partial charge on any atom is 0.182 e. The first-order valence-electron chi connectivity index (χ1n) is 5.39.